The lowest BCUT2D eigenvalue weighted by Gasteiger charge is -2.36. The third kappa shape index (κ3) is 2.88. The van der Waals surface area contributed by atoms with Crippen LogP contribution in [0.3, 0.4) is 0 Å². The zero-order valence-corrected chi connectivity index (χ0v) is 8.95. The molecule has 0 aliphatic heterocycles. The molecule has 1 aliphatic rings. The van der Waals surface area contributed by atoms with E-state index in [2.05, 4.69) is 11.6 Å². The molecule has 0 atom stereocenters. The maximum atomic E-state index is 11.5. The van der Waals surface area contributed by atoms with Gasteiger partial charge in [0.05, 0.1) is 5.54 Å². The summed E-state index contributed by atoms with van der Waals surface area (Å²) in [6, 6.07) is 0. The summed E-state index contributed by atoms with van der Waals surface area (Å²) in [6.45, 7) is 0.763. The Bertz CT molecular complexity index is 180. The number of nitrogens with one attached hydrogen (secondary N) is 1. The van der Waals surface area contributed by atoms with E-state index in [1.165, 1.54) is 0 Å². The second-order valence-electron chi connectivity index (χ2n) is 3.61. The summed E-state index contributed by atoms with van der Waals surface area (Å²) in [6.07, 6.45) is 5.89. The molecule has 76 valence electrons. The van der Waals surface area contributed by atoms with Crippen molar-refractivity contribution in [2.75, 3.05) is 18.6 Å². The average Bonchev–Trinajstić information content (AvgIpc) is 2.08. The maximum Gasteiger partial charge on any atom is 0.240 e. The average molecular weight is 202 g/mol. The van der Waals surface area contributed by atoms with Gasteiger partial charge in [0.15, 0.2) is 0 Å². The number of nitrogens with two attached hydrogens (primary N) is 1. The fraction of sp³-hybridized carbons (Fsp3) is 0.889. The monoisotopic (exact) mass is 202 g/mol. The van der Waals surface area contributed by atoms with E-state index in [9.17, 15) is 4.79 Å². The molecule has 0 bridgehead atoms. The fourth-order valence-corrected chi connectivity index (χ4v) is 1.81. The summed E-state index contributed by atoms with van der Waals surface area (Å²) in [5, 5.41) is 2.88. The van der Waals surface area contributed by atoms with Crippen LogP contribution in [0.1, 0.15) is 25.7 Å². The van der Waals surface area contributed by atoms with E-state index in [-0.39, 0.29) is 5.91 Å². The number of hydrogen-bond donors (Lipinski definition) is 2. The van der Waals surface area contributed by atoms with Crippen LogP contribution in [0.2, 0.25) is 0 Å². The van der Waals surface area contributed by atoms with Crippen LogP contribution >= 0.6 is 11.8 Å². The third-order valence-electron chi connectivity index (χ3n) is 2.51. The summed E-state index contributed by atoms with van der Waals surface area (Å²) in [5.74, 6) is 1.14. The van der Waals surface area contributed by atoms with E-state index < -0.39 is 5.54 Å². The SMILES string of the molecule is CSCCCNC(=O)C1(N)CCC1. The fourth-order valence-electron chi connectivity index (χ4n) is 1.38. The largest absolute Gasteiger partial charge is 0.354 e. The Hall–Kier alpha value is -0.220. The van der Waals surface area contributed by atoms with Gasteiger partial charge in [0.25, 0.3) is 0 Å². The minimum Gasteiger partial charge on any atom is -0.354 e. The van der Waals surface area contributed by atoms with Crippen LogP contribution in [0.25, 0.3) is 0 Å². The van der Waals surface area contributed by atoms with Crippen molar-refractivity contribution in [3.63, 3.8) is 0 Å². The van der Waals surface area contributed by atoms with E-state index in [4.69, 9.17) is 5.73 Å². The van der Waals surface area contributed by atoms with Crippen molar-refractivity contribution >= 4 is 17.7 Å². The van der Waals surface area contributed by atoms with Gasteiger partial charge in [-0.1, -0.05) is 0 Å². The molecule has 1 amide bonds. The number of rotatable bonds is 5. The summed E-state index contributed by atoms with van der Waals surface area (Å²) >= 11 is 1.80. The predicted molar refractivity (Wildman–Crippen MR) is 56.8 cm³/mol. The van der Waals surface area contributed by atoms with Gasteiger partial charge in [0.2, 0.25) is 5.91 Å². The molecule has 0 saturated heterocycles. The van der Waals surface area contributed by atoms with Crippen molar-refractivity contribution in [3.05, 3.63) is 0 Å². The minimum atomic E-state index is -0.528. The predicted octanol–water partition coefficient (Wildman–Crippen LogP) is 0.737. The Labute approximate surface area is 83.8 Å². The third-order valence-corrected chi connectivity index (χ3v) is 3.21. The Morgan fingerprint density at radius 2 is 2.31 bits per heavy atom. The molecule has 0 aromatic rings. The number of amides is 1. The van der Waals surface area contributed by atoms with Gasteiger partial charge in [-0.15, -0.1) is 0 Å². The van der Waals surface area contributed by atoms with Crippen LogP contribution < -0.4 is 11.1 Å². The summed E-state index contributed by atoms with van der Waals surface area (Å²) < 4.78 is 0. The van der Waals surface area contributed by atoms with Crippen LogP contribution in [0.5, 0.6) is 0 Å². The molecule has 0 radical (unpaired) electrons. The zero-order chi connectivity index (χ0) is 9.73. The van der Waals surface area contributed by atoms with Gasteiger partial charge in [-0.05, 0) is 37.7 Å². The van der Waals surface area contributed by atoms with Gasteiger partial charge in [-0.2, -0.15) is 11.8 Å². The van der Waals surface area contributed by atoms with Gasteiger partial charge in [-0.25, -0.2) is 0 Å². The molecule has 3 nitrogen and oxygen atoms in total. The lowest BCUT2D eigenvalue weighted by Crippen LogP contribution is -2.58. The standard InChI is InChI=1S/C9H18N2OS/c1-13-7-3-6-11-8(12)9(10)4-2-5-9/h2-7,10H2,1H3,(H,11,12). The van der Waals surface area contributed by atoms with Gasteiger partial charge >= 0.3 is 0 Å². The van der Waals surface area contributed by atoms with Crippen LogP contribution in [-0.2, 0) is 4.79 Å². The Morgan fingerprint density at radius 3 is 2.77 bits per heavy atom. The van der Waals surface area contributed by atoms with Crippen molar-refractivity contribution in [1.29, 1.82) is 0 Å². The zero-order valence-electron chi connectivity index (χ0n) is 8.14. The molecule has 3 N–H and O–H groups in total. The van der Waals surface area contributed by atoms with Crippen molar-refractivity contribution in [1.82, 2.24) is 5.32 Å². The maximum absolute atomic E-state index is 11.5. The van der Waals surface area contributed by atoms with E-state index in [1.54, 1.807) is 11.8 Å². The summed E-state index contributed by atoms with van der Waals surface area (Å²) in [5.41, 5.74) is 5.32. The van der Waals surface area contributed by atoms with Gasteiger partial charge in [0, 0.05) is 6.54 Å². The molecule has 1 fully saturated rings. The molecule has 0 spiro atoms. The topological polar surface area (TPSA) is 55.1 Å². The highest BCUT2D eigenvalue weighted by molar-refractivity contribution is 7.98. The van der Waals surface area contributed by atoms with Gasteiger partial charge < -0.3 is 11.1 Å². The van der Waals surface area contributed by atoms with Crippen molar-refractivity contribution in [3.8, 4) is 0 Å². The molecular weight excluding hydrogens is 184 g/mol. The smallest absolute Gasteiger partial charge is 0.240 e. The van der Waals surface area contributed by atoms with Crippen LogP contribution in [0.4, 0.5) is 0 Å². The van der Waals surface area contributed by atoms with E-state index >= 15 is 0 Å². The molecular formula is C9H18N2OS. The van der Waals surface area contributed by atoms with Crippen LogP contribution in [0.15, 0.2) is 0 Å². The number of carbonyl (C=O) groups excluding carboxylic acids is 1. The number of thioether (sulfide) groups is 1. The van der Waals surface area contributed by atoms with E-state index in [0.717, 1.165) is 38.0 Å². The number of hydrogen-bond acceptors (Lipinski definition) is 3. The first-order valence-corrected chi connectivity index (χ1v) is 6.14. The molecule has 1 rings (SSSR count). The quantitative estimate of drug-likeness (QED) is 0.646. The molecule has 4 heteroatoms. The molecule has 0 aromatic carbocycles. The van der Waals surface area contributed by atoms with Crippen molar-refractivity contribution < 1.29 is 4.79 Å². The highest BCUT2D eigenvalue weighted by Crippen LogP contribution is 2.28. The molecule has 0 unspecified atom stereocenters. The lowest BCUT2D eigenvalue weighted by molar-refractivity contribution is -0.129. The van der Waals surface area contributed by atoms with Crippen LogP contribution in [-0.4, -0.2) is 30.0 Å². The highest BCUT2D eigenvalue weighted by atomic mass is 32.2. The minimum absolute atomic E-state index is 0.0415. The van der Waals surface area contributed by atoms with E-state index in [1.807, 2.05) is 0 Å². The summed E-state index contributed by atoms with van der Waals surface area (Å²) in [4.78, 5) is 11.5. The summed E-state index contributed by atoms with van der Waals surface area (Å²) in [7, 11) is 0. The van der Waals surface area contributed by atoms with Crippen molar-refractivity contribution in [2.24, 2.45) is 5.73 Å². The molecule has 1 saturated carbocycles. The van der Waals surface area contributed by atoms with Gasteiger partial charge in [-0.3, -0.25) is 4.79 Å². The Kier molecular flexibility index (Phi) is 4.06. The molecule has 13 heavy (non-hydrogen) atoms. The first kappa shape index (κ1) is 10.9. The first-order valence-electron chi connectivity index (χ1n) is 4.75. The molecule has 0 aromatic heterocycles. The Morgan fingerprint density at radius 1 is 1.62 bits per heavy atom. The Balaban J connectivity index is 2.10. The first-order chi connectivity index (χ1) is 6.19. The second kappa shape index (κ2) is 4.86. The second-order valence-corrected chi connectivity index (χ2v) is 4.60. The van der Waals surface area contributed by atoms with E-state index in [0.29, 0.717) is 0 Å². The molecule has 1 aliphatic carbocycles. The van der Waals surface area contributed by atoms with Crippen LogP contribution in [0, 0.1) is 0 Å². The molecule has 0 heterocycles. The van der Waals surface area contributed by atoms with Crippen molar-refractivity contribution in [2.45, 2.75) is 31.2 Å². The number of carbonyl (C=O) groups is 1. The lowest BCUT2D eigenvalue weighted by atomic mass is 9.77. The normalized spacial score (nSPS) is 19.2. The highest BCUT2D eigenvalue weighted by Gasteiger charge is 2.39. The van der Waals surface area contributed by atoms with Gasteiger partial charge in [0.1, 0.15) is 0 Å².